The van der Waals surface area contributed by atoms with E-state index in [1.165, 1.54) is 17.5 Å². The first-order chi connectivity index (χ1) is 9.61. The van der Waals surface area contributed by atoms with Crippen molar-refractivity contribution in [2.24, 2.45) is 0 Å². The van der Waals surface area contributed by atoms with E-state index in [0.29, 0.717) is 5.69 Å². The maximum atomic E-state index is 11.9. The lowest BCUT2D eigenvalue weighted by Crippen LogP contribution is -2.34. The summed E-state index contributed by atoms with van der Waals surface area (Å²) in [7, 11) is 0. The molecule has 6 nitrogen and oxygen atoms in total. The first kappa shape index (κ1) is 15.3. The molecule has 0 radical (unpaired) electrons. The summed E-state index contributed by atoms with van der Waals surface area (Å²) in [6, 6.07) is 0.195. The number of anilines is 1. The van der Waals surface area contributed by atoms with E-state index in [1.54, 1.807) is 6.20 Å². The molecule has 2 heterocycles. The highest BCUT2D eigenvalue weighted by Crippen LogP contribution is 2.17. The van der Waals surface area contributed by atoms with Crippen molar-refractivity contribution in [3.05, 3.63) is 21.6 Å². The summed E-state index contributed by atoms with van der Waals surface area (Å²) < 4.78 is 1.17. The monoisotopic (exact) mass is 300 g/mol. The lowest BCUT2D eigenvalue weighted by molar-refractivity contribution is 0.266. The minimum absolute atomic E-state index is 0.127. The molecule has 20 heavy (non-hydrogen) atoms. The first-order valence-corrected chi connectivity index (χ1v) is 7.35. The molecule has 1 unspecified atom stereocenters. The van der Waals surface area contributed by atoms with Gasteiger partial charge in [-0.3, -0.25) is 4.79 Å². The Morgan fingerprint density at radius 2 is 2.20 bits per heavy atom. The van der Waals surface area contributed by atoms with Crippen LogP contribution in [0.3, 0.4) is 0 Å². The summed E-state index contributed by atoms with van der Waals surface area (Å²) in [5, 5.41) is 16.2. The van der Waals surface area contributed by atoms with Crippen LogP contribution >= 0.6 is 11.6 Å². The Hall–Kier alpha value is -1.11. The van der Waals surface area contributed by atoms with Gasteiger partial charge in [0.25, 0.3) is 5.56 Å². The molecule has 1 aromatic rings. The molecule has 1 fully saturated rings. The molecule has 1 atom stereocenters. The quantitative estimate of drug-likeness (QED) is 0.813. The van der Waals surface area contributed by atoms with E-state index in [1.807, 2.05) is 0 Å². The highest BCUT2D eigenvalue weighted by Gasteiger charge is 2.16. The van der Waals surface area contributed by atoms with E-state index in [4.69, 9.17) is 16.7 Å². The number of aliphatic hydroxyl groups is 1. The standard InChI is InChI=1S/C13H21ClN4O2/c1-10(9-17-4-2-3-5-17)16-11-8-15-18(6-7-19)13(20)12(11)14/h8,10,16,19H,2-7,9H2,1H3. The normalized spacial score (nSPS) is 17.4. The minimum atomic E-state index is -0.376. The summed E-state index contributed by atoms with van der Waals surface area (Å²) in [6.45, 7) is 5.28. The Balaban J connectivity index is 2.01. The first-order valence-electron chi connectivity index (χ1n) is 6.97. The van der Waals surface area contributed by atoms with Gasteiger partial charge in [0.2, 0.25) is 0 Å². The van der Waals surface area contributed by atoms with E-state index in [9.17, 15) is 4.79 Å². The van der Waals surface area contributed by atoms with E-state index in [2.05, 4.69) is 22.2 Å². The fraction of sp³-hybridized carbons (Fsp3) is 0.692. The zero-order chi connectivity index (χ0) is 14.5. The lowest BCUT2D eigenvalue weighted by atomic mass is 10.3. The van der Waals surface area contributed by atoms with Crippen molar-refractivity contribution < 1.29 is 5.11 Å². The van der Waals surface area contributed by atoms with E-state index < -0.39 is 0 Å². The van der Waals surface area contributed by atoms with E-state index in [0.717, 1.165) is 19.6 Å². The van der Waals surface area contributed by atoms with Crippen LogP contribution in [0, 0.1) is 0 Å². The van der Waals surface area contributed by atoms with Gasteiger partial charge in [0, 0.05) is 12.6 Å². The van der Waals surface area contributed by atoms with Crippen LogP contribution in [-0.2, 0) is 6.54 Å². The van der Waals surface area contributed by atoms with Crippen LogP contribution in [-0.4, -0.2) is 52.1 Å². The number of aliphatic hydroxyl groups excluding tert-OH is 1. The van der Waals surface area contributed by atoms with Crippen LogP contribution in [0.25, 0.3) is 0 Å². The molecule has 1 aliphatic heterocycles. The predicted octanol–water partition coefficient (Wildman–Crippen LogP) is 0.785. The van der Waals surface area contributed by atoms with Gasteiger partial charge in [0.1, 0.15) is 5.02 Å². The third-order valence-corrected chi connectivity index (χ3v) is 3.79. The van der Waals surface area contributed by atoms with Gasteiger partial charge in [0.15, 0.2) is 0 Å². The van der Waals surface area contributed by atoms with Gasteiger partial charge in [-0.2, -0.15) is 5.10 Å². The number of hydrogen-bond donors (Lipinski definition) is 2. The number of hydrogen-bond acceptors (Lipinski definition) is 5. The van der Waals surface area contributed by atoms with Crippen molar-refractivity contribution in [2.45, 2.75) is 32.4 Å². The number of nitrogens with zero attached hydrogens (tertiary/aromatic N) is 3. The largest absolute Gasteiger partial charge is 0.394 e. The Kier molecular flexibility index (Phi) is 5.39. The summed E-state index contributed by atoms with van der Waals surface area (Å²) in [6.07, 6.45) is 4.05. The van der Waals surface area contributed by atoms with Crippen molar-refractivity contribution >= 4 is 17.3 Å². The summed E-state index contributed by atoms with van der Waals surface area (Å²) in [5.74, 6) is 0. The van der Waals surface area contributed by atoms with Gasteiger partial charge >= 0.3 is 0 Å². The molecule has 7 heteroatoms. The van der Waals surface area contributed by atoms with Crippen molar-refractivity contribution in [1.82, 2.24) is 14.7 Å². The molecule has 0 bridgehead atoms. The summed E-state index contributed by atoms with van der Waals surface area (Å²) >= 11 is 6.06. The SMILES string of the molecule is CC(CN1CCCC1)Nc1cnn(CCO)c(=O)c1Cl. The molecule has 112 valence electrons. The number of nitrogens with one attached hydrogen (secondary N) is 1. The molecular formula is C13H21ClN4O2. The maximum absolute atomic E-state index is 11.9. The molecule has 0 spiro atoms. The Morgan fingerprint density at radius 1 is 1.50 bits per heavy atom. The average Bonchev–Trinajstić information content (AvgIpc) is 2.91. The maximum Gasteiger partial charge on any atom is 0.287 e. The molecule has 1 aliphatic rings. The van der Waals surface area contributed by atoms with Crippen LogP contribution in [0.15, 0.2) is 11.0 Å². The second-order valence-electron chi connectivity index (χ2n) is 5.18. The fourth-order valence-electron chi connectivity index (χ4n) is 2.48. The fourth-order valence-corrected chi connectivity index (χ4v) is 2.68. The Morgan fingerprint density at radius 3 is 2.85 bits per heavy atom. The number of aromatic nitrogens is 2. The molecule has 2 rings (SSSR count). The smallest absolute Gasteiger partial charge is 0.287 e. The van der Waals surface area contributed by atoms with Crippen LogP contribution in [0.1, 0.15) is 19.8 Å². The number of halogens is 1. The van der Waals surface area contributed by atoms with Crippen molar-refractivity contribution in [1.29, 1.82) is 0 Å². The van der Waals surface area contributed by atoms with Crippen LogP contribution < -0.4 is 10.9 Å². The molecule has 0 saturated carbocycles. The predicted molar refractivity (Wildman–Crippen MR) is 79.4 cm³/mol. The van der Waals surface area contributed by atoms with E-state index >= 15 is 0 Å². The molecule has 1 aromatic heterocycles. The van der Waals surface area contributed by atoms with Crippen molar-refractivity contribution in [3.8, 4) is 0 Å². The van der Waals surface area contributed by atoms with Crippen molar-refractivity contribution in [2.75, 3.05) is 31.6 Å². The molecule has 0 amide bonds. The highest BCUT2D eigenvalue weighted by atomic mass is 35.5. The topological polar surface area (TPSA) is 70.4 Å². The number of likely N-dealkylation sites (tertiary alicyclic amines) is 1. The van der Waals surface area contributed by atoms with Gasteiger partial charge in [0.05, 0.1) is 25.0 Å². The van der Waals surface area contributed by atoms with Crippen LogP contribution in [0.4, 0.5) is 5.69 Å². The second kappa shape index (κ2) is 7.06. The van der Waals surface area contributed by atoms with Crippen molar-refractivity contribution in [3.63, 3.8) is 0 Å². The zero-order valence-corrected chi connectivity index (χ0v) is 12.4. The van der Waals surface area contributed by atoms with E-state index in [-0.39, 0.29) is 29.8 Å². The van der Waals surface area contributed by atoms with Gasteiger partial charge in [-0.1, -0.05) is 11.6 Å². The Labute approximate surface area is 123 Å². The summed E-state index contributed by atoms with van der Waals surface area (Å²) in [5.41, 5.74) is 0.177. The van der Waals surface area contributed by atoms with Crippen LogP contribution in [0.2, 0.25) is 5.02 Å². The zero-order valence-electron chi connectivity index (χ0n) is 11.7. The Bertz CT molecular complexity index is 500. The van der Waals surface area contributed by atoms with Gasteiger partial charge in [-0.05, 0) is 32.9 Å². The third-order valence-electron chi connectivity index (χ3n) is 3.43. The molecule has 2 N–H and O–H groups in total. The van der Waals surface area contributed by atoms with Crippen LogP contribution in [0.5, 0.6) is 0 Å². The average molecular weight is 301 g/mol. The molecule has 0 aromatic carbocycles. The molecule has 1 saturated heterocycles. The van der Waals surface area contributed by atoms with Gasteiger partial charge < -0.3 is 15.3 Å². The van der Waals surface area contributed by atoms with Gasteiger partial charge in [-0.15, -0.1) is 0 Å². The highest BCUT2D eigenvalue weighted by molar-refractivity contribution is 6.32. The number of rotatable bonds is 6. The second-order valence-corrected chi connectivity index (χ2v) is 5.56. The molecular weight excluding hydrogens is 280 g/mol. The van der Waals surface area contributed by atoms with Gasteiger partial charge in [-0.25, -0.2) is 4.68 Å². The minimum Gasteiger partial charge on any atom is -0.394 e. The molecule has 0 aliphatic carbocycles. The summed E-state index contributed by atoms with van der Waals surface area (Å²) in [4.78, 5) is 14.3. The lowest BCUT2D eigenvalue weighted by Gasteiger charge is -2.22. The third kappa shape index (κ3) is 3.71.